The van der Waals surface area contributed by atoms with Crippen molar-refractivity contribution in [3.8, 4) is 0 Å². The van der Waals surface area contributed by atoms with Crippen LogP contribution in [0.2, 0.25) is 0 Å². The van der Waals surface area contributed by atoms with Gasteiger partial charge in [0.2, 0.25) is 0 Å². The molecule has 0 spiro atoms. The topological polar surface area (TPSA) is 38.3 Å². The second-order valence-electron chi connectivity index (χ2n) is 5.43. The zero-order chi connectivity index (χ0) is 13.0. The Labute approximate surface area is 106 Å². The maximum Gasteiger partial charge on any atom is 0.377 e. The average molecular weight is 261 g/mol. The van der Waals surface area contributed by atoms with Crippen molar-refractivity contribution in [3.05, 3.63) is 0 Å². The molecule has 3 nitrogen and oxygen atoms in total. The molecule has 0 aromatic rings. The Bertz CT molecular complexity index is 291. The van der Waals surface area contributed by atoms with Crippen molar-refractivity contribution in [2.75, 3.05) is 13.1 Å². The van der Waals surface area contributed by atoms with Crippen molar-refractivity contribution in [1.29, 1.82) is 0 Å². The van der Waals surface area contributed by atoms with E-state index in [1.807, 2.05) is 0 Å². The molecule has 18 heavy (non-hydrogen) atoms. The van der Waals surface area contributed by atoms with Gasteiger partial charge in [-0.3, -0.25) is 0 Å². The smallest absolute Gasteiger partial charge is 0.377 e. The first-order valence-electron chi connectivity index (χ1n) is 6.87. The molecule has 1 unspecified atom stereocenters. The highest BCUT2D eigenvalue weighted by Gasteiger charge is 2.50. The lowest BCUT2D eigenvalue weighted by atomic mass is 9.87. The van der Waals surface area contributed by atoms with E-state index in [0.29, 0.717) is 6.54 Å². The average Bonchev–Trinajstić information content (AvgIpc) is 2.60. The summed E-state index contributed by atoms with van der Waals surface area (Å²) in [5.74, 6) is -3.88. The molecule has 0 aromatic heterocycles. The lowest BCUT2D eigenvalue weighted by molar-refractivity contribution is -0.159. The minimum Gasteiger partial charge on any atom is -0.456 e. The molecule has 0 aromatic carbocycles. The molecule has 1 N–H and O–H groups in total. The fourth-order valence-electron chi connectivity index (χ4n) is 2.81. The van der Waals surface area contributed by atoms with E-state index in [-0.39, 0.29) is 0 Å². The monoisotopic (exact) mass is 261 g/mol. The lowest BCUT2D eigenvalue weighted by Crippen LogP contribution is -2.29. The lowest BCUT2D eigenvalue weighted by Gasteiger charge is -2.21. The molecule has 1 aliphatic carbocycles. The number of cyclic esters (lactones) is 1. The molecule has 5 heteroatoms. The first-order valence-corrected chi connectivity index (χ1v) is 6.87. The Balaban J connectivity index is 1.57. The maximum absolute atomic E-state index is 12.9. The Morgan fingerprint density at radius 2 is 2.00 bits per heavy atom. The van der Waals surface area contributed by atoms with Gasteiger partial charge in [-0.1, -0.05) is 32.1 Å². The van der Waals surface area contributed by atoms with Gasteiger partial charge >= 0.3 is 11.9 Å². The Morgan fingerprint density at radius 3 is 2.61 bits per heavy atom. The van der Waals surface area contributed by atoms with E-state index in [1.165, 1.54) is 32.1 Å². The number of hydrogen-bond acceptors (Lipinski definition) is 3. The summed E-state index contributed by atoms with van der Waals surface area (Å²) in [6, 6.07) is 0. The van der Waals surface area contributed by atoms with Gasteiger partial charge in [-0.15, -0.1) is 0 Å². The summed E-state index contributed by atoms with van der Waals surface area (Å²) in [5, 5.41) is 3.12. The maximum atomic E-state index is 12.9. The van der Waals surface area contributed by atoms with E-state index in [1.54, 1.807) is 0 Å². The number of halogens is 2. The SMILES string of the molecule is O=C1OC(CNCCC2CCCCC2)CC1(F)F. The second kappa shape index (κ2) is 5.95. The second-order valence-corrected chi connectivity index (χ2v) is 5.43. The summed E-state index contributed by atoms with van der Waals surface area (Å²) < 4.78 is 30.4. The highest BCUT2D eigenvalue weighted by atomic mass is 19.3. The first-order chi connectivity index (χ1) is 8.58. The predicted molar refractivity (Wildman–Crippen MR) is 63.5 cm³/mol. The van der Waals surface area contributed by atoms with E-state index in [2.05, 4.69) is 10.1 Å². The number of ether oxygens (including phenoxy) is 1. The van der Waals surface area contributed by atoms with Crippen molar-refractivity contribution in [2.45, 2.75) is 57.0 Å². The van der Waals surface area contributed by atoms with Crippen LogP contribution in [0.5, 0.6) is 0 Å². The molecule has 2 rings (SSSR count). The number of rotatable bonds is 5. The summed E-state index contributed by atoms with van der Waals surface area (Å²) in [6.45, 7) is 1.17. The van der Waals surface area contributed by atoms with Crippen molar-refractivity contribution < 1.29 is 18.3 Å². The van der Waals surface area contributed by atoms with Gasteiger partial charge in [0.05, 0.1) is 6.42 Å². The summed E-state index contributed by atoms with van der Waals surface area (Å²) in [6.07, 6.45) is 6.50. The van der Waals surface area contributed by atoms with E-state index in [0.717, 1.165) is 18.9 Å². The standard InChI is InChI=1S/C13H21F2NO2/c14-13(15)8-11(18-12(13)17)9-16-7-6-10-4-2-1-3-5-10/h10-11,16H,1-9H2. The zero-order valence-electron chi connectivity index (χ0n) is 10.6. The third-order valence-corrected chi connectivity index (χ3v) is 3.88. The summed E-state index contributed by atoms with van der Waals surface area (Å²) in [7, 11) is 0. The molecule has 1 saturated carbocycles. The van der Waals surface area contributed by atoms with Gasteiger partial charge in [-0.05, 0) is 18.9 Å². The molecule has 1 saturated heterocycles. The van der Waals surface area contributed by atoms with Gasteiger partial charge < -0.3 is 10.1 Å². The van der Waals surface area contributed by atoms with E-state index >= 15 is 0 Å². The van der Waals surface area contributed by atoms with Crippen LogP contribution in [-0.4, -0.2) is 31.1 Å². The Morgan fingerprint density at radius 1 is 1.28 bits per heavy atom. The third-order valence-electron chi connectivity index (χ3n) is 3.88. The van der Waals surface area contributed by atoms with Crippen LogP contribution in [0, 0.1) is 5.92 Å². The molecule has 0 bridgehead atoms. The largest absolute Gasteiger partial charge is 0.456 e. The normalized spacial score (nSPS) is 28.3. The van der Waals surface area contributed by atoms with Crippen LogP contribution in [0.1, 0.15) is 44.9 Å². The van der Waals surface area contributed by atoms with Crippen molar-refractivity contribution in [3.63, 3.8) is 0 Å². The fourth-order valence-corrected chi connectivity index (χ4v) is 2.81. The van der Waals surface area contributed by atoms with Crippen LogP contribution in [-0.2, 0) is 9.53 Å². The first kappa shape index (κ1) is 13.7. The third kappa shape index (κ3) is 3.64. The fraction of sp³-hybridized carbons (Fsp3) is 0.923. The van der Waals surface area contributed by atoms with Crippen LogP contribution in [0.3, 0.4) is 0 Å². The van der Waals surface area contributed by atoms with Gasteiger partial charge in [0.25, 0.3) is 0 Å². The molecule has 1 heterocycles. The van der Waals surface area contributed by atoms with Gasteiger partial charge in [0.1, 0.15) is 6.10 Å². The zero-order valence-corrected chi connectivity index (χ0v) is 10.6. The van der Waals surface area contributed by atoms with Gasteiger partial charge in [-0.2, -0.15) is 8.78 Å². The van der Waals surface area contributed by atoms with Crippen LogP contribution in [0.25, 0.3) is 0 Å². The van der Waals surface area contributed by atoms with E-state index in [4.69, 9.17) is 0 Å². The number of alkyl halides is 2. The summed E-state index contributed by atoms with van der Waals surface area (Å²) in [4.78, 5) is 10.8. The quantitative estimate of drug-likeness (QED) is 0.610. The molecule has 1 aliphatic heterocycles. The number of nitrogens with one attached hydrogen (secondary N) is 1. The predicted octanol–water partition coefficient (Wildman–Crippen LogP) is 2.50. The van der Waals surface area contributed by atoms with Gasteiger partial charge in [0, 0.05) is 6.54 Å². The number of carbonyl (C=O) groups excluding carboxylic acids is 1. The highest BCUT2D eigenvalue weighted by molar-refractivity contribution is 5.79. The molecular weight excluding hydrogens is 240 g/mol. The van der Waals surface area contributed by atoms with E-state index in [9.17, 15) is 13.6 Å². The van der Waals surface area contributed by atoms with Crippen LogP contribution in [0.4, 0.5) is 8.78 Å². The Kier molecular flexibility index (Phi) is 4.54. The summed E-state index contributed by atoms with van der Waals surface area (Å²) in [5.41, 5.74) is 0. The van der Waals surface area contributed by atoms with Gasteiger partial charge in [0.15, 0.2) is 0 Å². The van der Waals surface area contributed by atoms with Crippen LogP contribution < -0.4 is 5.32 Å². The van der Waals surface area contributed by atoms with Crippen molar-refractivity contribution in [2.24, 2.45) is 5.92 Å². The van der Waals surface area contributed by atoms with E-state index < -0.39 is 24.4 Å². The molecule has 2 aliphatic rings. The molecule has 0 radical (unpaired) electrons. The molecule has 1 atom stereocenters. The minimum absolute atomic E-state index is 0.341. The molecule has 104 valence electrons. The molecular formula is C13H21F2NO2. The van der Waals surface area contributed by atoms with Crippen molar-refractivity contribution in [1.82, 2.24) is 5.32 Å². The van der Waals surface area contributed by atoms with Crippen LogP contribution in [0.15, 0.2) is 0 Å². The van der Waals surface area contributed by atoms with Gasteiger partial charge in [-0.25, -0.2) is 4.79 Å². The number of esters is 1. The van der Waals surface area contributed by atoms with Crippen molar-refractivity contribution >= 4 is 5.97 Å². The molecule has 2 fully saturated rings. The van der Waals surface area contributed by atoms with Crippen LogP contribution >= 0.6 is 0 Å². The minimum atomic E-state index is -3.28. The Hall–Kier alpha value is -0.710. The summed E-state index contributed by atoms with van der Waals surface area (Å²) >= 11 is 0. The number of carbonyl (C=O) groups is 1. The highest BCUT2D eigenvalue weighted by Crippen LogP contribution is 2.30. The number of hydrogen-bond donors (Lipinski definition) is 1. The molecule has 0 amide bonds.